The van der Waals surface area contributed by atoms with Crippen LogP contribution >= 0.6 is 0 Å². The Balaban J connectivity index is 1.79. The topological polar surface area (TPSA) is 87.9 Å². The summed E-state index contributed by atoms with van der Waals surface area (Å²) in [7, 11) is 0. The van der Waals surface area contributed by atoms with Gasteiger partial charge in [0.15, 0.2) is 5.82 Å². The second kappa shape index (κ2) is 14.1. The molecule has 1 saturated heterocycles. The number of hydrogen-bond acceptors (Lipinski definition) is 6. The third kappa shape index (κ3) is 9.71. The highest BCUT2D eigenvalue weighted by molar-refractivity contribution is 5.93. The zero-order chi connectivity index (χ0) is 21.6. The molecule has 8 heteroatoms. The van der Waals surface area contributed by atoms with Crippen LogP contribution in [0.1, 0.15) is 64.1 Å². The monoisotopic (exact) mass is 422 g/mol. The van der Waals surface area contributed by atoms with Crippen LogP contribution in [-0.4, -0.2) is 72.7 Å². The average Bonchev–Trinajstić information content (AvgIpc) is 3.15. The zero-order valence-corrected chi connectivity index (χ0v) is 18.7. The van der Waals surface area contributed by atoms with Crippen molar-refractivity contribution in [2.75, 3.05) is 51.3 Å². The fourth-order valence-electron chi connectivity index (χ4n) is 3.55. The quantitative estimate of drug-likeness (QED) is 0.463. The molecule has 1 aliphatic rings. The Morgan fingerprint density at radius 3 is 2.50 bits per heavy atom. The lowest BCUT2D eigenvalue weighted by Gasteiger charge is -2.30. The zero-order valence-electron chi connectivity index (χ0n) is 18.7. The Hall–Kier alpha value is -1.93. The molecule has 1 N–H and O–H groups in total. The number of nitrogens with one attached hydrogen (secondary N) is 1. The lowest BCUT2D eigenvalue weighted by atomic mass is 10.1. The molecule has 0 atom stereocenters. The Kier molecular flexibility index (Phi) is 11.5. The number of ether oxygens (including phenoxy) is 1. The second-order valence-electron chi connectivity index (χ2n) is 8.01. The van der Waals surface area contributed by atoms with Gasteiger partial charge in [-0.2, -0.15) is 0 Å². The molecule has 170 valence electrons. The summed E-state index contributed by atoms with van der Waals surface area (Å²) in [5, 5.41) is 6.50. The van der Waals surface area contributed by atoms with Gasteiger partial charge < -0.3 is 19.5 Å². The van der Waals surface area contributed by atoms with E-state index in [1.54, 1.807) is 17.9 Å². The van der Waals surface area contributed by atoms with E-state index in [1.807, 2.05) is 0 Å². The summed E-state index contributed by atoms with van der Waals surface area (Å²) < 4.78 is 10.4. The molecule has 0 spiro atoms. The number of nitrogens with zero attached hydrogens (tertiary/aromatic N) is 3. The van der Waals surface area contributed by atoms with E-state index in [0.717, 1.165) is 45.7 Å². The molecule has 30 heavy (non-hydrogen) atoms. The Morgan fingerprint density at radius 1 is 1.13 bits per heavy atom. The molecule has 0 aromatic carbocycles. The number of rotatable bonds is 14. The SMILES string of the molecule is CCCCCCCCCC(=O)N(CCN1CCOCC1)CC(=O)Nc1cc(C)on1. The van der Waals surface area contributed by atoms with Crippen LogP contribution in [0.25, 0.3) is 0 Å². The minimum atomic E-state index is -0.252. The summed E-state index contributed by atoms with van der Waals surface area (Å²) in [5.41, 5.74) is 0. The highest BCUT2D eigenvalue weighted by Crippen LogP contribution is 2.11. The standard InChI is InChI=1S/C22H38N4O4/c1-3-4-5-6-7-8-9-10-22(28)26(12-11-25-13-15-29-16-14-25)18-21(27)23-20-17-19(2)30-24-20/h17H,3-16,18H2,1-2H3,(H,23,24,27). The first-order valence-corrected chi connectivity index (χ1v) is 11.4. The summed E-state index contributed by atoms with van der Waals surface area (Å²) in [6.45, 7) is 8.48. The van der Waals surface area contributed by atoms with Gasteiger partial charge in [0, 0.05) is 38.7 Å². The molecule has 1 aromatic rings. The van der Waals surface area contributed by atoms with Crippen molar-refractivity contribution in [1.82, 2.24) is 15.0 Å². The van der Waals surface area contributed by atoms with E-state index < -0.39 is 0 Å². The van der Waals surface area contributed by atoms with Gasteiger partial charge in [-0.05, 0) is 13.3 Å². The Labute approximate surface area is 180 Å². The smallest absolute Gasteiger partial charge is 0.245 e. The molecule has 1 aromatic heterocycles. The summed E-state index contributed by atoms with van der Waals surface area (Å²) in [6, 6.07) is 1.66. The summed E-state index contributed by atoms with van der Waals surface area (Å²) in [5.74, 6) is 0.802. The van der Waals surface area contributed by atoms with Crippen LogP contribution in [0.5, 0.6) is 0 Å². The molecule has 2 amide bonds. The van der Waals surface area contributed by atoms with Crippen molar-refractivity contribution in [3.05, 3.63) is 11.8 Å². The van der Waals surface area contributed by atoms with Gasteiger partial charge in [-0.15, -0.1) is 0 Å². The van der Waals surface area contributed by atoms with Crippen LogP contribution < -0.4 is 5.32 Å². The fourth-order valence-corrected chi connectivity index (χ4v) is 3.55. The molecule has 1 aliphatic heterocycles. The summed E-state index contributed by atoms with van der Waals surface area (Å²) >= 11 is 0. The molecule has 2 rings (SSSR count). The van der Waals surface area contributed by atoms with Crippen molar-refractivity contribution in [1.29, 1.82) is 0 Å². The molecule has 0 radical (unpaired) electrons. The van der Waals surface area contributed by atoms with Crippen molar-refractivity contribution < 1.29 is 18.8 Å². The van der Waals surface area contributed by atoms with Gasteiger partial charge in [0.1, 0.15) is 5.76 Å². The third-order valence-corrected chi connectivity index (χ3v) is 5.37. The largest absolute Gasteiger partial charge is 0.379 e. The van der Waals surface area contributed by atoms with Crippen LogP contribution in [0.4, 0.5) is 5.82 Å². The van der Waals surface area contributed by atoms with E-state index in [2.05, 4.69) is 22.3 Å². The maximum Gasteiger partial charge on any atom is 0.245 e. The molecule has 0 bridgehead atoms. The van der Waals surface area contributed by atoms with Crippen molar-refractivity contribution >= 4 is 17.6 Å². The van der Waals surface area contributed by atoms with E-state index in [4.69, 9.17) is 9.26 Å². The Bertz CT molecular complexity index is 628. The van der Waals surface area contributed by atoms with Crippen LogP contribution in [0.2, 0.25) is 0 Å². The molecule has 0 aliphatic carbocycles. The fraction of sp³-hybridized carbons (Fsp3) is 0.773. The van der Waals surface area contributed by atoms with Crippen molar-refractivity contribution in [3.63, 3.8) is 0 Å². The number of carbonyl (C=O) groups excluding carboxylic acids is 2. The number of hydrogen-bond donors (Lipinski definition) is 1. The predicted molar refractivity (Wildman–Crippen MR) is 116 cm³/mol. The van der Waals surface area contributed by atoms with E-state index in [9.17, 15) is 9.59 Å². The highest BCUT2D eigenvalue weighted by atomic mass is 16.5. The number of anilines is 1. The highest BCUT2D eigenvalue weighted by Gasteiger charge is 2.19. The average molecular weight is 423 g/mol. The second-order valence-corrected chi connectivity index (χ2v) is 8.01. The van der Waals surface area contributed by atoms with E-state index >= 15 is 0 Å². The van der Waals surface area contributed by atoms with Gasteiger partial charge in [-0.1, -0.05) is 50.6 Å². The van der Waals surface area contributed by atoms with Crippen LogP contribution in [-0.2, 0) is 14.3 Å². The molecule has 0 saturated carbocycles. The van der Waals surface area contributed by atoms with Gasteiger partial charge in [0.05, 0.1) is 19.8 Å². The van der Waals surface area contributed by atoms with Gasteiger partial charge >= 0.3 is 0 Å². The number of amides is 2. The number of unbranched alkanes of at least 4 members (excludes halogenated alkanes) is 6. The maximum atomic E-state index is 12.8. The third-order valence-electron chi connectivity index (χ3n) is 5.37. The van der Waals surface area contributed by atoms with Gasteiger partial charge in [0.25, 0.3) is 0 Å². The van der Waals surface area contributed by atoms with Crippen LogP contribution in [0.3, 0.4) is 0 Å². The van der Waals surface area contributed by atoms with Gasteiger partial charge in [-0.25, -0.2) is 0 Å². The lowest BCUT2D eigenvalue weighted by molar-refractivity contribution is -0.135. The van der Waals surface area contributed by atoms with E-state index in [0.29, 0.717) is 24.5 Å². The van der Waals surface area contributed by atoms with E-state index in [-0.39, 0.29) is 18.4 Å². The molecule has 0 unspecified atom stereocenters. The first kappa shape index (κ1) is 24.3. The number of aromatic nitrogens is 1. The normalized spacial score (nSPS) is 14.6. The van der Waals surface area contributed by atoms with Crippen molar-refractivity contribution in [2.24, 2.45) is 0 Å². The number of morpholine rings is 1. The predicted octanol–water partition coefficient (Wildman–Crippen LogP) is 3.22. The minimum absolute atomic E-state index is 0.0333. The lowest BCUT2D eigenvalue weighted by Crippen LogP contribution is -2.45. The van der Waals surface area contributed by atoms with Gasteiger partial charge in [-0.3, -0.25) is 14.5 Å². The Morgan fingerprint density at radius 2 is 1.83 bits per heavy atom. The summed E-state index contributed by atoms with van der Waals surface area (Å²) in [4.78, 5) is 29.2. The molecular formula is C22H38N4O4. The first-order valence-electron chi connectivity index (χ1n) is 11.4. The minimum Gasteiger partial charge on any atom is -0.379 e. The number of aryl methyl sites for hydroxylation is 1. The van der Waals surface area contributed by atoms with E-state index in [1.165, 1.54) is 32.1 Å². The van der Waals surface area contributed by atoms with Crippen LogP contribution in [0.15, 0.2) is 10.6 Å². The number of carbonyl (C=O) groups is 2. The van der Waals surface area contributed by atoms with Crippen LogP contribution in [0, 0.1) is 6.92 Å². The maximum absolute atomic E-state index is 12.8. The first-order chi connectivity index (χ1) is 14.6. The molecule has 1 fully saturated rings. The molecule has 8 nitrogen and oxygen atoms in total. The summed E-state index contributed by atoms with van der Waals surface area (Å²) in [6.07, 6.45) is 8.65. The van der Waals surface area contributed by atoms with Gasteiger partial charge in [0.2, 0.25) is 11.8 Å². The molecular weight excluding hydrogens is 384 g/mol. The molecule has 2 heterocycles. The van der Waals surface area contributed by atoms with Crippen molar-refractivity contribution in [3.8, 4) is 0 Å². The van der Waals surface area contributed by atoms with Crippen molar-refractivity contribution in [2.45, 2.75) is 65.2 Å².